The molecule has 0 aliphatic rings. The molecular formula is C29H29FN4O3S. The molecule has 0 atom stereocenters. The maximum atomic E-state index is 14.4. The zero-order valence-corrected chi connectivity index (χ0v) is 22.5. The Labute approximate surface area is 222 Å². The number of rotatable bonds is 8. The Morgan fingerprint density at radius 3 is 2.24 bits per heavy atom. The van der Waals surface area contributed by atoms with Gasteiger partial charge in [-0.1, -0.05) is 36.4 Å². The van der Waals surface area contributed by atoms with Crippen LogP contribution in [0.15, 0.2) is 88.9 Å². The summed E-state index contributed by atoms with van der Waals surface area (Å²) < 4.78 is 44.2. The molecule has 0 aliphatic carbocycles. The molecule has 1 heterocycles. The first-order valence-corrected chi connectivity index (χ1v) is 13.4. The smallest absolute Gasteiger partial charge is 0.264 e. The molecule has 4 aromatic rings. The van der Waals surface area contributed by atoms with Gasteiger partial charge in [0.25, 0.3) is 15.9 Å². The third kappa shape index (κ3) is 5.68. The number of aromatic nitrogens is 1. The lowest BCUT2D eigenvalue weighted by Gasteiger charge is -2.24. The predicted octanol–water partition coefficient (Wildman–Crippen LogP) is 5.20. The van der Waals surface area contributed by atoms with E-state index in [4.69, 9.17) is 0 Å². The second kappa shape index (κ2) is 11.0. The van der Waals surface area contributed by atoms with E-state index in [0.29, 0.717) is 16.9 Å². The normalized spacial score (nSPS) is 11.6. The fraction of sp³-hybridized carbons (Fsp3) is 0.172. The number of halogens is 1. The Hall–Kier alpha value is -4.24. The fourth-order valence-corrected chi connectivity index (χ4v) is 5.82. The maximum absolute atomic E-state index is 14.4. The minimum atomic E-state index is -4.02. The summed E-state index contributed by atoms with van der Waals surface area (Å²) in [4.78, 5) is 13.0. The Morgan fingerprint density at radius 2 is 1.58 bits per heavy atom. The number of anilines is 1. The van der Waals surface area contributed by atoms with E-state index < -0.39 is 22.5 Å². The topological polar surface area (TPSA) is 83.8 Å². The van der Waals surface area contributed by atoms with Gasteiger partial charge in [0.2, 0.25) is 0 Å². The Balaban J connectivity index is 1.58. The molecule has 0 aliphatic heterocycles. The average molecular weight is 533 g/mol. The van der Waals surface area contributed by atoms with Crippen LogP contribution in [-0.4, -0.2) is 31.7 Å². The van der Waals surface area contributed by atoms with E-state index >= 15 is 0 Å². The number of nitrogens with one attached hydrogen (secondary N) is 1. The van der Waals surface area contributed by atoms with Crippen molar-refractivity contribution in [2.45, 2.75) is 32.6 Å². The molecule has 0 unspecified atom stereocenters. The van der Waals surface area contributed by atoms with Crippen LogP contribution in [0.1, 0.15) is 28.1 Å². The van der Waals surface area contributed by atoms with Gasteiger partial charge in [0.05, 0.1) is 22.5 Å². The lowest BCUT2D eigenvalue weighted by Crippen LogP contribution is -2.39. The van der Waals surface area contributed by atoms with Gasteiger partial charge in [-0.2, -0.15) is 5.10 Å². The number of carbonyl (C=O) groups is 1. The zero-order chi connectivity index (χ0) is 27.4. The van der Waals surface area contributed by atoms with Crippen LogP contribution in [0.25, 0.3) is 5.69 Å². The van der Waals surface area contributed by atoms with Gasteiger partial charge >= 0.3 is 0 Å². The van der Waals surface area contributed by atoms with E-state index in [1.165, 1.54) is 24.4 Å². The average Bonchev–Trinajstić information content (AvgIpc) is 3.15. The lowest BCUT2D eigenvalue weighted by molar-refractivity contribution is -0.119. The molecule has 0 saturated carbocycles. The summed E-state index contributed by atoms with van der Waals surface area (Å²) >= 11 is 0. The first-order valence-electron chi connectivity index (χ1n) is 12.0. The summed E-state index contributed by atoms with van der Waals surface area (Å²) in [7, 11) is -4.02. The van der Waals surface area contributed by atoms with Crippen molar-refractivity contribution in [3.05, 3.63) is 113 Å². The molecule has 0 spiro atoms. The first-order chi connectivity index (χ1) is 18.1. The van der Waals surface area contributed by atoms with Crippen LogP contribution >= 0.6 is 0 Å². The maximum Gasteiger partial charge on any atom is 0.264 e. The van der Waals surface area contributed by atoms with Gasteiger partial charge in [-0.05, 0) is 81.3 Å². The van der Waals surface area contributed by atoms with Crippen LogP contribution in [0, 0.1) is 33.5 Å². The van der Waals surface area contributed by atoms with Crippen molar-refractivity contribution in [1.82, 2.24) is 9.99 Å². The summed E-state index contributed by atoms with van der Waals surface area (Å²) in [6.45, 7) is 6.95. The molecule has 0 fully saturated rings. The number of hydrazone groups is 1. The summed E-state index contributed by atoms with van der Waals surface area (Å²) in [6, 6.07) is 21.7. The molecular weight excluding hydrogens is 503 g/mol. The molecule has 0 bridgehead atoms. The second-order valence-electron chi connectivity index (χ2n) is 9.08. The number of sulfonamides is 1. The number of para-hydroxylation sites is 1. The zero-order valence-electron chi connectivity index (χ0n) is 21.6. The number of aryl methyl sites for hydroxylation is 3. The van der Waals surface area contributed by atoms with Gasteiger partial charge in [0.15, 0.2) is 0 Å². The van der Waals surface area contributed by atoms with E-state index in [9.17, 15) is 17.6 Å². The van der Waals surface area contributed by atoms with Gasteiger partial charge in [-0.25, -0.2) is 18.2 Å². The summed E-state index contributed by atoms with van der Waals surface area (Å²) in [5.74, 6) is -0.958. The summed E-state index contributed by atoms with van der Waals surface area (Å²) in [5.41, 5.74) is 7.22. The van der Waals surface area contributed by atoms with Gasteiger partial charge in [-0.15, -0.1) is 0 Å². The van der Waals surface area contributed by atoms with Gasteiger partial charge in [0.1, 0.15) is 12.4 Å². The Morgan fingerprint density at radius 1 is 0.947 bits per heavy atom. The molecule has 1 aromatic heterocycles. The van der Waals surface area contributed by atoms with Crippen molar-refractivity contribution in [3.8, 4) is 5.69 Å². The third-order valence-corrected chi connectivity index (χ3v) is 7.86. The van der Waals surface area contributed by atoms with E-state index in [1.807, 2.05) is 39.8 Å². The van der Waals surface area contributed by atoms with Crippen LogP contribution in [0.3, 0.4) is 0 Å². The summed E-state index contributed by atoms with van der Waals surface area (Å²) in [5, 5.41) is 4.06. The predicted molar refractivity (Wildman–Crippen MR) is 148 cm³/mol. The molecule has 0 radical (unpaired) electrons. The number of hydrogen-bond donors (Lipinski definition) is 1. The van der Waals surface area contributed by atoms with Crippen molar-refractivity contribution in [3.63, 3.8) is 0 Å². The van der Waals surface area contributed by atoms with E-state index in [-0.39, 0.29) is 10.7 Å². The van der Waals surface area contributed by atoms with E-state index in [1.54, 1.807) is 53.1 Å². The molecule has 1 N–H and O–H groups in total. The van der Waals surface area contributed by atoms with Crippen LogP contribution < -0.4 is 9.73 Å². The molecule has 196 valence electrons. The van der Waals surface area contributed by atoms with Crippen molar-refractivity contribution in [2.75, 3.05) is 10.8 Å². The highest BCUT2D eigenvalue weighted by molar-refractivity contribution is 7.92. The Kier molecular flexibility index (Phi) is 7.78. The van der Waals surface area contributed by atoms with Gasteiger partial charge in [-0.3, -0.25) is 9.10 Å². The molecule has 9 heteroatoms. The molecule has 7 nitrogen and oxygen atoms in total. The van der Waals surface area contributed by atoms with Crippen molar-refractivity contribution >= 4 is 27.8 Å². The minimum Gasteiger partial charge on any atom is -0.315 e. The molecule has 0 saturated heterocycles. The number of benzene rings is 3. The molecule has 1 amide bonds. The largest absolute Gasteiger partial charge is 0.315 e. The monoisotopic (exact) mass is 532 g/mol. The molecule has 38 heavy (non-hydrogen) atoms. The van der Waals surface area contributed by atoms with Crippen LogP contribution in [-0.2, 0) is 14.8 Å². The van der Waals surface area contributed by atoms with E-state index in [0.717, 1.165) is 26.8 Å². The first kappa shape index (κ1) is 26.8. The van der Waals surface area contributed by atoms with Crippen LogP contribution in [0.4, 0.5) is 10.1 Å². The number of carbonyl (C=O) groups excluding carboxylic acids is 1. The highest BCUT2D eigenvalue weighted by Gasteiger charge is 2.27. The standard InChI is InChI=1S/C29H29FN4O3S/c1-20-14-21(2)16-25(15-20)33(38(36,37)26-10-6-5-7-11-26)19-29(35)32-31-18-24-17-22(3)34(23(24)4)28-13-9-8-12-27(28)30/h5-18H,19H2,1-4H3,(H,32,35)/b31-18+. The number of amides is 1. The Bertz CT molecular complexity index is 1590. The van der Waals surface area contributed by atoms with Crippen molar-refractivity contribution in [2.24, 2.45) is 5.10 Å². The van der Waals surface area contributed by atoms with Crippen molar-refractivity contribution in [1.29, 1.82) is 0 Å². The quantitative estimate of drug-likeness (QED) is 0.250. The summed E-state index contributed by atoms with van der Waals surface area (Å²) in [6.07, 6.45) is 1.46. The molecule has 3 aromatic carbocycles. The van der Waals surface area contributed by atoms with Gasteiger partial charge in [0, 0.05) is 17.0 Å². The van der Waals surface area contributed by atoms with Gasteiger partial charge < -0.3 is 4.57 Å². The third-order valence-electron chi connectivity index (χ3n) is 6.07. The fourth-order valence-electron chi connectivity index (χ4n) is 4.39. The minimum absolute atomic E-state index is 0.0797. The number of hydrogen-bond acceptors (Lipinski definition) is 4. The lowest BCUT2D eigenvalue weighted by atomic mass is 10.1. The molecule has 4 rings (SSSR count). The van der Waals surface area contributed by atoms with E-state index in [2.05, 4.69) is 10.5 Å². The van der Waals surface area contributed by atoms with Crippen LogP contribution in [0.2, 0.25) is 0 Å². The number of nitrogens with zero attached hydrogens (tertiary/aromatic N) is 3. The SMILES string of the molecule is Cc1cc(C)cc(N(CC(=O)N/N=C/c2cc(C)n(-c3ccccc3F)c2C)S(=O)(=O)c2ccccc2)c1. The van der Waals surface area contributed by atoms with Crippen LogP contribution in [0.5, 0.6) is 0 Å². The van der Waals surface area contributed by atoms with Crippen molar-refractivity contribution < 1.29 is 17.6 Å². The highest BCUT2D eigenvalue weighted by atomic mass is 32.2. The highest BCUT2D eigenvalue weighted by Crippen LogP contribution is 2.26. The second-order valence-corrected chi connectivity index (χ2v) is 10.9.